The van der Waals surface area contributed by atoms with Crippen LogP contribution >= 0.6 is 0 Å². The van der Waals surface area contributed by atoms with Crippen molar-refractivity contribution in [2.24, 2.45) is 0 Å². The topological polar surface area (TPSA) is 63.1 Å². The third kappa shape index (κ3) is 3.29. The van der Waals surface area contributed by atoms with E-state index >= 15 is 0 Å². The molecule has 140 valence electrons. The number of carbonyl (C=O) groups is 1. The summed E-state index contributed by atoms with van der Waals surface area (Å²) in [6, 6.07) is 18.2. The standard InChI is InChI=1S/C22H21N5O/c28-22-19-8-4-5-9-20(19)23-21(27(22)18-11-12-18)13-10-17-15-26(25-24-17)14-16-6-2-1-3-7-16/h1-10,13,15,18,21,23H,11-12,14H2. The van der Waals surface area contributed by atoms with Gasteiger partial charge in [-0.05, 0) is 42.7 Å². The summed E-state index contributed by atoms with van der Waals surface area (Å²) < 4.78 is 1.82. The second-order valence-corrected chi connectivity index (χ2v) is 7.26. The minimum absolute atomic E-state index is 0.0965. The molecule has 6 heteroatoms. The molecule has 1 fully saturated rings. The molecule has 28 heavy (non-hydrogen) atoms. The van der Waals surface area contributed by atoms with Gasteiger partial charge in [-0.3, -0.25) is 4.79 Å². The zero-order valence-corrected chi connectivity index (χ0v) is 15.4. The van der Waals surface area contributed by atoms with Crippen LogP contribution in [0, 0.1) is 0 Å². The molecule has 6 nitrogen and oxygen atoms in total. The maximum atomic E-state index is 12.9. The maximum absolute atomic E-state index is 12.9. The lowest BCUT2D eigenvalue weighted by molar-refractivity contribution is 0.0703. The number of anilines is 1. The van der Waals surface area contributed by atoms with E-state index in [1.807, 2.05) is 70.4 Å². The smallest absolute Gasteiger partial charge is 0.258 e. The van der Waals surface area contributed by atoms with Gasteiger partial charge in [-0.1, -0.05) is 47.7 Å². The Balaban J connectivity index is 1.35. The first kappa shape index (κ1) is 16.7. The third-order valence-electron chi connectivity index (χ3n) is 5.13. The van der Waals surface area contributed by atoms with Crippen LogP contribution in [0.1, 0.15) is 34.5 Å². The van der Waals surface area contributed by atoms with Crippen LogP contribution < -0.4 is 5.32 Å². The number of nitrogens with zero attached hydrogens (tertiary/aromatic N) is 4. The van der Waals surface area contributed by atoms with E-state index in [9.17, 15) is 4.79 Å². The SMILES string of the molecule is O=C1c2ccccc2NC(C=Cc2cn(Cc3ccccc3)nn2)N1C1CC1. The summed E-state index contributed by atoms with van der Waals surface area (Å²) in [5.41, 5.74) is 3.58. The molecule has 5 rings (SSSR count). The average Bonchev–Trinajstić information content (AvgIpc) is 3.46. The van der Waals surface area contributed by atoms with Gasteiger partial charge in [-0.2, -0.15) is 0 Å². The highest BCUT2D eigenvalue weighted by molar-refractivity contribution is 6.02. The first-order valence-corrected chi connectivity index (χ1v) is 9.58. The van der Waals surface area contributed by atoms with E-state index in [0.717, 1.165) is 29.8 Å². The Kier molecular flexibility index (Phi) is 4.16. The second kappa shape index (κ2) is 6.96. The Morgan fingerprint density at radius 3 is 2.68 bits per heavy atom. The van der Waals surface area contributed by atoms with Gasteiger partial charge in [-0.25, -0.2) is 4.68 Å². The Bertz CT molecular complexity index is 1020. The first-order chi connectivity index (χ1) is 13.8. The molecule has 0 spiro atoms. The number of fused-ring (bicyclic) bond motifs is 1. The van der Waals surface area contributed by atoms with Crippen molar-refractivity contribution in [3.05, 3.63) is 83.7 Å². The van der Waals surface area contributed by atoms with Gasteiger partial charge in [0.15, 0.2) is 0 Å². The fraction of sp³-hybridized carbons (Fsp3) is 0.227. The number of rotatable bonds is 5. The maximum Gasteiger partial charge on any atom is 0.258 e. The second-order valence-electron chi connectivity index (χ2n) is 7.26. The van der Waals surface area contributed by atoms with Crippen molar-refractivity contribution in [1.29, 1.82) is 0 Å². The van der Waals surface area contributed by atoms with E-state index in [1.165, 1.54) is 5.56 Å². The molecule has 1 aliphatic carbocycles. The predicted molar refractivity (Wildman–Crippen MR) is 108 cm³/mol. The molecule has 1 atom stereocenters. The van der Waals surface area contributed by atoms with E-state index in [0.29, 0.717) is 12.6 Å². The summed E-state index contributed by atoms with van der Waals surface area (Å²) in [5, 5.41) is 11.9. The fourth-order valence-corrected chi connectivity index (χ4v) is 3.60. The Labute approximate surface area is 163 Å². The lowest BCUT2D eigenvalue weighted by atomic mass is 10.1. The van der Waals surface area contributed by atoms with E-state index in [1.54, 1.807) is 0 Å². The van der Waals surface area contributed by atoms with Gasteiger partial charge < -0.3 is 10.2 Å². The van der Waals surface area contributed by atoms with Gasteiger partial charge in [0.25, 0.3) is 5.91 Å². The van der Waals surface area contributed by atoms with Crippen molar-refractivity contribution in [1.82, 2.24) is 19.9 Å². The van der Waals surface area contributed by atoms with Crippen molar-refractivity contribution in [2.45, 2.75) is 31.6 Å². The molecule has 2 aromatic carbocycles. The van der Waals surface area contributed by atoms with Crippen LogP contribution in [0.15, 0.2) is 66.9 Å². The fourth-order valence-electron chi connectivity index (χ4n) is 3.60. The van der Waals surface area contributed by atoms with Gasteiger partial charge in [0.2, 0.25) is 0 Å². The van der Waals surface area contributed by atoms with Crippen LogP contribution in [-0.2, 0) is 6.54 Å². The van der Waals surface area contributed by atoms with Crippen molar-refractivity contribution < 1.29 is 4.79 Å². The van der Waals surface area contributed by atoms with Crippen molar-refractivity contribution in [3.63, 3.8) is 0 Å². The number of carbonyl (C=O) groups excluding carboxylic acids is 1. The number of aromatic nitrogens is 3. The molecule has 1 saturated carbocycles. The highest BCUT2D eigenvalue weighted by Gasteiger charge is 2.40. The van der Waals surface area contributed by atoms with Crippen molar-refractivity contribution >= 4 is 17.7 Å². The molecule has 1 aliphatic heterocycles. The number of hydrogen-bond acceptors (Lipinski definition) is 4. The Morgan fingerprint density at radius 1 is 1.07 bits per heavy atom. The molecule has 1 amide bonds. The lowest BCUT2D eigenvalue weighted by Crippen LogP contribution is -2.48. The number of hydrogen-bond donors (Lipinski definition) is 1. The predicted octanol–water partition coefficient (Wildman–Crippen LogP) is 3.40. The molecule has 1 aromatic heterocycles. The van der Waals surface area contributed by atoms with Gasteiger partial charge in [-0.15, -0.1) is 5.10 Å². The first-order valence-electron chi connectivity index (χ1n) is 9.58. The van der Waals surface area contributed by atoms with Gasteiger partial charge in [0.1, 0.15) is 11.9 Å². The summed E-state index contributed by atoms with van der Waals surface area (Å²) in [5.74, 6) is 0.0965. The largest absolute Gasteiger partial charge is 0.361 e. The normalized spacial score (nSPS) is 18.9. The summed E-state index contributed by atoms with van der Waals surface area (Å²) in [4.78, 5) is 14.9. The zero-order chi connectivity index (χ0) is 18.9. The van der Waals surface area contributed by atoms with Crippen LogP contribution in [0.4, 0.5) is 5.69 Å². The number of nitrogens with one attached hydrogen (secondary N) is 1. The summed E-state index contributed by atoms with van der Waals surface area (Å²) in [7, 11) is 0. The molecular weight excluding hydrogens is 350 g/mol. The molecule has 2 heterocycles. The van der Waals surface area contributed by atoms with Crippen LogP contribution in [0.5, 0.6) is 0 Å². The molecule has 1 N–H and O–H groups in total. The van der Waals surface area contributed by atoms with Crippen molar-refractivity contribution in [2.75, 3.05) is 5.32 Å². The van der Waals surface area contributed by atoms with E-state index < -0.39 is 0 Å². The molecule has 0 radical (unpaired) electrons. The van der Waals surface area contributed by atoms with Gasteiger partial charge in [0, 0.05) is 11.7 Å². The van der Waals surface area contributed by atoms with E-state index in [4.69, 9.17) is 0 Å². The summed E-state index contributed by atoms with van der Waals surface area (Å²) in [6.45, 7) is 0.684. The third-order valence-corrected chi connectivity index (χ3v) is 5.13. The van der Waals surface area contributed by atoms with Crippen LogP contribution in [0.2, 0.25) is 0 Å². The quantitative estimate of drug-likeness (QED) is 0.747. The Hall–Kier alpha value is -3.41. The van der Waals surface area contributed by atoms with Crippen molar-refractivity contribution in [3.8, 4) is 0 Å². The van der Waals surface area contributed by atoms with E-state index in [2.05, 4.69) is 27.8 Å². The van der Waals surface area contributed by atoms with Crippen LogP contribution in [-0.4, -0.2) is 38.0 Å². The minimum Gasteiger partial charge on any atom is -0.361 e. The number of benzene rings is 2. The number of amides is 1. The molecular formula is C22H21N5O. The van der Waals surface area contributed by atoms with Crippen LogP contribution in [0.3, 0.4) is 0 Å². The number of para-hydroxylation sites is 1. The highest BCUT2D eigenvalue weighted by atomic mass is 16.2. The highest BCUT2D eigenvalue weighted by Crippen LogP contribution is 2.35. The summed E-state index contributed by atoms with van der Waals surface area (Å²) >= 11 is 0. The molecule has 3 aromatic rings. The minimum atomic E-state index is -0.172. The lowest BCUT2D eigenvalue weighted by Gasteiger charge is -2.36. The summed E-state index contributed by atoms with van der Waals surface area (Å²) in [6.07, 6.45) is 7.81. The molecule has 2 aliphatic rings. The van der Waals surface area contributed by atoms with Gasteiger partial charge >= 0.3 is 0 Å². The van der Waals surface area contributed by atoms with E-state index in [-0.39, 0.29) is 12.1 Å². The van der Waals surface area contributed by atoms with Gasteiger partial charge in [0.05, 0.1) is 18.3 Å². The molecule has 0 saturated heterocycles. The zero-order valence-electron chi connectivity index (χ0n) is 15.4. The van der Waals surface area contributed by atoms with Crippen LogP contribution in [0.25, 0.3) is 6.08 Å². The average molecular weight is 371 g/mol. The molecule has 1 unspecified atom stereocenters. The Morgan fingerprint density at radius 2 is 1.86 bits per heavy atom. The monoisotopic (exact) mass is 371 g/mol. The molecule has 0 bridgehead atoms.